The fraction of sp³-hybridized carbons (Fsp3) is 0.222. The van der Waals surface area contributed by atoms with Gasteiger partial charge < -0.3 is 5.32 Å². The van der Waals surface area contributed by atoms with Crippen molar-refractivity contribution >= 4 is 34.8 Å². The van der Waals surface area contributed by atoms with Gasteiger partial charge in [0.15, 0.2) is 0 Å². The second kappa shape index (κ2) is 4.49. The summed E-state index contributed by atoms with van der Waals surface area (Å²) in [6.45, 7) is 1.60. The topological polar surface area (TPSA) is 29.1 Å². The highest BCUT2D eigenvalue weighted by Crippen LogP contribution is 2.20. The zero-order valence-corrected chi connectivity index (χ0v) is 8.56. The Bertz CT molecular complexity index is 312. The van der Waals surface area contributed by atoms with Crippen molar-refractivity contribution < 1.29 is 4.79 Å². The molecule has 0 aromatic heterocycles. The maximum Gasteiger partial charge on any atom is 0.242 e. The lowest BCUT2D eigenvalue weighted by atomic mass is 10.3. The van der Waals surface area contributed by atoms with Gasteiger partial charge in [0.2, 0.25) is 5.91 Å². The van der Waals surface area contributed by atoms with Crippen LogP contribution in [-0.4, -0.2) is 11.3 Å². The number of halogens is 2. The fourth-order valence-corrected chi connectivity index (χ4v) is 1.03. The van der Waals surface area contributed by atoms with Crippen molar-refractivity contribution in [3.8, 4) is 0 Å². The first kappa shape index (κ1) is 10.4. The summed E-state index contributed by atoms with van der Waals surface area (Å²) in [6.07, 6.45) is 0. The SMILES string of the molecule is CC(Cl)C(=O)Nc1ccccc1Cl. The average Bonchev–Trinajstić information content (AvgIpc) is 2.08. The number of para-hydroxylation sites is 1. The summed E-state index contributed by atoms with van der Waals surface area (Å²) < 4.78 is 0. The molecule has 1 aromatic carbocycles. The van der Waals surface area contributed by atoms with Crippen LogP contribution in [0, 0.1) is 0 Å². The molecule has 13 heavy (non-hydrogen) atoms. The van der Waals surface area contributed by atoms with Crippen LogP contribution in [-0.2, 0) is 4.79 Å². The number of benzene rings is 1. The van der Waals surface area contributed by atoms with Gasteiger partial charge in [0.05, 0.1) is 10.7 Å². The van der Waals surface area contributed by atoms with E-state index in [0.29, 0.717) is 10.7 Å². The van der Waals surface area contributed by atoms with Crippen LogP contribution in [0.5, 0.6) is 0 Å². The molecule has 0 aliphatic rings. The number of hydrogen-bond acceptors (Lipinski definition) is 1. The predicted molar refractivity (Wildman–Crippen MR) is 55.4 cm³/mol. The third-order valence-electron chi connectivity index (χ3n) is 1.49. The third-order valence-corrected chi connectivity index (χ3v) is 2.02. The van der Waals surface area contributed by atoms with E-state index in [-0.39, 0.29) is 5.91 Å². The summed E-state index contributed by atoms with van der Waals surface area (Å²) in [7, 11) is 0. The number of rotatable bonds is 2. The largest absolute Gasteiger partial charge is 0.323 e. The standard InChI is InChI=1S/C9H9Cl2NO/c1-6(10)9(13)12-8-5-3-2-4-7(8)11/h2-6H,1H3,(H,12,13). The van der Waals surface area contributed by atoms with Crippen molar-refractivity contribution in [3.63, 3.8) is 0 Å². The maximum absolute atomic E-state index is 11.2. The molecule has 0 aliphatic heterocycles. The molecule has 0 saturated carbocycles. The number of carbonyl (C=O) groups excluding carboxylic acids is 1. The Morgan fingerprint density at radius 1 is 1.46 bits per heavy atom. The van der Waals surface area contributed by atoms with Gasteiger partial charge in [-0.1, -0.05) is 23.7 Å². The molecule has 0 bridgehead atoms. The molecule has 1 N–H and O–H groups in total. The van der Waals surface area contributed by atoms with E-state index in [1.165, 1.54) is 0 Å². The van der Waals surface area contributed by atoms with E-state index in [1.54, 1.807) is 31.2 Å². The van der Waals surface area contributed by atoms with Crippen molar-refractivity contribution in [2.24, 2.45) is 0 Å². The molecule has 1 rings (SSSR count). The highest BCUT2D eigenvalue weighted by atomic mass is 35.5. The van der Waals surface area contributed by atoms with Crippen LogP contribution >= 0.6 is 23.2 Å². The second-order valence-corrected chi connectivity index (χ2v) is 3.65. The molecule has 4 heteroatoms. The number of anilines is 1. The molecule has 0 radical (unpaired) electrons. The van der Waals surface area contributed by atoms with Crippen molar-refractivity contribution in [2.45, 2.75) is 12.3 Å². The Labute approximate surface area is 86.8 Å². The van der Waals surface area contributed by atoms with E-state index in [0.717, 1.165) is 0 Å². The van der Waals surface area contributed by atoms with Gasteiger partial charge in [0.1, 0.15) is 5.38 Å². The minimum atomic E-state index is -0.559. The lowest BCUT2D eigenvalue weighted by Crippen LogP contribution is -2.20. The zero-order valence-electron chi connectivity index (χ0n) is 7.05. The molecule has 0 spiro atoms. The number of carbonyl (C=O) groups is 1. The smallest absolute Gasteiger partial charge is 0.242 e. The molecule has 0 aliphatic carbocycles. The molecule has 1 atom stereocenters. The molecule has 1 aromatic rings. The normalized spacial score (nSPS) is 12.2. The summed E-state index contributed by atoms with van der Waals surface area (Å²) in [5.74, 6) is -0.255. The Kier molecular flexibility index (Phi) is 3.58. The first-order chi connectivity index (χ1) is 6.11. The van der Waals surface area contributed by atoms with Gasteiger partial charge in [-0.05, 0) is 19.1 Å². The fourth-order valence-electron chi connectivity index (χ4n) is 0.795. The van der Waals surface area contributed by atoms with Gasteiger partial charge in [-0.15, -0.1) is 11.6 Å². The van der Waals surface area contributed by atoms with E-state index in [9.17, 15) is 4.79 Å². The van der Waals surface area contributed by atoms with E-state index in [4.69, 9.17) is 23.2 Å². The second-order valence-electron chi connectivity index (χ2n) is 2.59. The van der Waals surface area contributed by atoms with Crippen molar-refractivity contribution in [2.75, 3.05) is 5.32 Å². The number of amides is 1. The summed E-state index contributed by atoms with van der Waals surface area (Å²) in [5, 5.41) is 2.56. The Morgan fingerprint density at radius 2 is 2.08 bits per heavy atom. The minimum Gasteiger partial charge on any atom is -0.323 e. The Morgan fingerprint density at radius 3 is 2.62 bits per heavy atom. The summed E-state index contributed by atoms with van der Waals surface area (Å²) in [5.41, 5.74) is 0.585. The van der Waals surface area contributed by atoms with Gasteiger partial charge in [-0.25, -0.2) is 0 Å². The number of hydrogen-bond donors (Lipinski definition) is 1. The molecular formula is C9H9Cl2NO. The molecule has 1 amide bonds. The van der Waals surface area contributed by atoms with Gasteiger partial charge in [-0.2, -0.15) is 0 Å². The Balaban J connectivity index is 2.75. The molecule has 2 nitrogen and oxygen atoms in total. The molecule has 0 saturated heterocycles. The number of alkyl halides is 1. The highest BCUT2D eigenvalue weighted by molar-refractivity contribution is 6.35. The van der Waals surface area contributed by atoms with Crippen LogP contribution in [0.4, 0.5) is 5.69 Å². The first-order valence-corrected chi connectivity index (χ1v) is 4.62. The van der Waals surface area contributed by atoms with E-state index >= 15 is 0 Å². The van der Waals surface area contributed by atoms with Crippen molar-refractivity contribution in [1.29, 1.82) is 0 Å². The van der Waals surface area contributed by atoms with Gasteiger partial charge in [0, 0.05) is 0 Å². The van der Waals surface area contributed by atoms with E-state index in [2.05, 4.69) is 5.32 Å². The van der Waals surface area contributed by atoms with Crippen molar-refractivity contribution in [1.82, 2.24) is 0 Å². The molecular weight excluding hydrogens is 209 g/mol. The summed E-state index contributed by atoms with van der Waals surface area (Å²) in [6, 6.07) is 7.01. The minimum absolute atomic E-state index is 0.255. The maximum atomic E-state index is 11.2. The lowest BCUT2D eigenvalue weighted by molar-refractivity contribution is -0.115. The molecule has 0 heterocycles. The quantitative estimate of drug-likeness (QED) is 0.759. The predicted octanol–water partition coefficient (Wildman–Crippen LogP) is 2.91. The molecule has 70 valence electrons. The highest BCUT2D eigenvalue weighted by Gasteiger charge is 2.10. The van der Waals surface area contributed by atoms with Crippen LogP contribution in [0.1, 0.15) is 6.92 Å². The van der Waals surface area contributed by atoms with Crippen LogP contribution < -0.4 is 5.32 Å². The van der Waals surface area contributed by atoms with E-state index < -0.39 is 5.38 Å². The van der Waals surface area contributed by atoms with Crippen LogP contribution in [0.25, 0.3) is 0 Å². The summed E-state index contributed by atoms with van der Waals surface area (Å²) in [4.78, 5) is 11.2. The van der Waals surface area contributed by atoms with Crippen molar-refractivity contribution in [3.05, 3.63) is 29.3 Å². The first-order valence-electron chi connectivity index (χ1n) is 3.80. The Hall–Kier alpha value is -0.730. The van der Waals surface area contributed by atoms with Gasteiger partial charge in [0.25, 0.3) is 0 Å². The molecule has 1 unspecified atom stereocenters. The molecule has 0 fully saturated rings. The monoisotopic (exact) mass is 217 g/mol. The van der Waals surface area contributed by atoms with Gasteiger partial charge >= 0.3 is 0 Å². The van der Waals surface area contributed by atoms with Gasteiger partial charge in [-0.3, -0.25) is 4.79 Å². The summed E-state index contributed by atoms with van der Waals surface area (Å²) >= 11 is 11.4. The lowest BCUT2D eigenvalue weighted by Gasteiger charge is -2.07. The zero-order chi connectivity index (χ0) is 9.84. The number of nitrogens with one attached hydrogen (secondary N) is 1. The average molecular weight is 218 g/mol. The third kappa shape index (κ3) is 2.90. The van der Waals surface area contributed by atoms with E-state index in [1.807, 2.05) is 0 Å². The van der Waals surface area contributed by atoms with Crippen LogP contribution in [0.3, 0.4) is 0 Å². The van der Waals surface area contributed by atoms with Crippen LogP contribution in [0.15, 0.2) is 24.3 Å². The van der Waals surface area contributed by atoms with Crippen LogP contribution in [0.2, 0.25) is 5.02 Å².